The van der Waals surface area contributed by atoms with E-state index < -0.39 is 0 Å². The smallest absolute Gasteiger partial charge is 0.173 e. The molecule has 2 aromatic carbocycles. The van der Waals surface area contributed by atoms with Crippen molar-refractivity contribution in [1.29, 1.82) is 0 Å². The molecule has 25 heavy (non-hydrogen) atoms. The average Bonchev–Trinajstić information content (AvgIpc) is 2.63. The highest BCUT2D eigenvalue weighted by Gasteiger charge is 2.09. The lowest BCUT2D eigenvalue weighted by atomic mass is 10.0. The van der Waals surface area contributed by atoms with E-state index in [1.165, 1.54) is 41.6 Å². The Morgan fingerprint density at radius 2 is 1.76 bits per heavy atom. The van der Waals surface area contributed by atoms with Gasteiger partial charge in [-0.15, -0.1) is 10.2 Å². The van der Waals surface area contributed by atoms with E-state index in [9.17, 15) is 9.18 Å². The Hall–Kier alpha value is -2.53. The summed E-state index contributed by atoms with van der Waals surface area (Å²) >= 11 is 1.32. The van der Waals surface area contributed by atoms with Crippen LogP contribution in [0.4, 0.5) is 4.39 Å². The SMILES string of the molecule is Cc1ccc(C)c(-c2ccc(SCC(=O)c3ccc(F)cc3)nn2)c1. The number of thioether (sulfide) groups is 1. The lowest BCUT2D eigenvalue weighted by molar-refractivity contribution is 0.102. The van der Waals surface area contributed by atoms with E-state index >= 15 is 0 Å². The first-order chi connectivity index (χ1) is 12.0. The quantitative estimate of drug-likeness (QED) is 0.485. The van der Waals surface area contributed by atoms with E-state index in [1.807, 2.05) is 26.0 Å². The number of benzene rings is 2. The first-order valence-corrected chi connectivity index (χ1v) is 8.84. The predicted molar refractivity (Wildman–Crippen MR) is 98.4 cm³/mol. The molecule has 0 saturated carbocycles. The molecule has 0 N–H and O–H groups in total. The molecule has 3 rings (SSSR count). The van der Waals surface area contributed by atoms with Crippen molar-refractivity contribution in [3.63, 3.8) is 0 Å². The van der Waals surface area contributed by atoms with Crippen LogP contribution in [0.15, 0.2) is 59.6 Å². The maximum absolute atomic E-state index is 12.9. The fourth-order valence-corrected chi connectivity index (χ4v) is 3.12. The average molecular weight is 352 g/mol. The minimum absolute atomic E-state index is 0.0644. The van der Waals surface area contributed by atoms with Gasteiger partial charge in [-0.2, -0.15) is 0 Å². The number of halogens is 1. The molecule has 0 bridgehead atoms. The molecular weight excluding hydrogens is 335 g/mol. The summed E-state index contributed by atoms with van der Waals surface area (Å²) in [6.45, 7) is 4.09. The van der Waals surface area contributed by atoms with Crippen LogP contribution in [0.2, 0.25) is 0 Å². The standard InChI is InChI=1S/C20H17FN2OS/c1-13-3-4-14(2)17(11-13)18-9-10-20(23-22-18)25-12-19(24)15-5-7-16(21)8-6-15/h3-11H,12H2,1-2H3. The topological polar surface area (TPSA) is 42.9 Å². The minimum atomic E-state index is -0.350. The third-order valence-corrected chi connectivity index (χ3v) is 4.75. The van der Waals surface area contributed by atoms with Gasteiger partial charge in [0.2, 0.25) is 0 Å². The number of hydrogen-bond donors (Lipinski definition) is 0. The van der Waals surface area contributed by atoms with Gasteiger partial charge in [-0.25, -0.2) is 4.39 Å². The van der Waals surface area contributed by atoms with Crippen LogP contribution in [-0.4, -0.2) is 21.7 Å². The number of carbonyl (C=O) groups excluding carboxylic acids is 1. The van der Waals surface area contributed by atoms with E-state index in [4.69, 9.17) is 0 Å². The number of aryl methyl sites for hydroxylation is 2. The number of ketones is 1. The van der Waals surface area contributed by atoms with Crippen molar-refractivity contribution < 1.29 is 9.18 Å². The van der Waals surface area contributed by atoms with Gasteiger partial charge in [-0.3, -0.25) is 4.79 Å². The lowest BCUT2D eigenvalue weighted by Gasteiger charge is -2.06. The van der Waals surface area contributed by atoms with Crippen molar-refractivity contribution in [3.8, 4) is 11.3 Å². The van der Waals surface area contributed by atoms with Crippen molar-refractivity contribution in [3.05, 3.63) is 77.1 Å². The predicted octanol–water partition coefficient (Wildman–Crippen LogP) is 4.87. The monoisotopic (exact) mass is 352 g/mol. The molecule has 5 heteroatoms. The minimum Gasteiger partial charge on any atom is -0.293 e. The Bertz CT molecular complexity index is 893. The molecule has 3 nitrogen and oxygen atoms in total. The molecule has 1 heterocycles. The van der Waals surface area contributed by atoms with Gasteiger partial charge in [-0.1, -0.05) is 29.5 Å². The highest BCUT2D eigenvalue weighted by atomic mass is 32.2. The second kappa shape index (κ2) is 7.57. The van der Waals surface area contributed by atoms with Crippen molar-refractivity contribution in [2.24, 2.45) is 0 Å². The number of Topliss-reactive ketones (excluding diaryl/α,β-unsaturated/α-hetero) is 1. The first-order valence-electron chi connectivity index (χ1n) is 7.86. The maximum atomic E-state index is 12.9. The van der Waals surface area contributed by atoms with Crippen molar-refractivity contribution in [2.75, 3.05) is 5.75 Å². The molecule has 0 saturated heterocycles. The zero-order valence-electron chi connectivity index (χ0n) is 14.0. The molecule has 0 aliphatic heterocycles. The van der Waals surface area contributed by atoms with Crippen LogP contribution in [-0.2, 0) is 0 Å². The fraction of sp³-hybridized carbons (Fsp3) is 0.150. The molecule has 0 aliphatic carbocycles. The molecule has 126 valence electrons. The summed E-state index contributed by atoms with van der Waals surface area (Å²) in [5.74, 6) is -0.175. The molecule has 0 radical (unpaired) electrons. The Morgan fingerprint density at radius 1 is 1.00 bits per heavy atom. The van der Waals surface area contributed by atoms with Crippen LogP contribution in [0.1, 0.15) is 21.5 Å². The number of aromatic nitrogens is 2. The van der Waals surface area contributed by atoms with Gasteiger partial charge in [-0.05, 0) is 61.9 Å². The van der Waals surface area contributed by atoms with Gasteiger partial charge < -0.3 is 0 Å². The Labute approximate surface area is 150 Å². The molecular formula is C20H17FN2OS. The van der Waals surface area contributed by atoms with Crippen LogP contribution in [0, 0.1) is 19.7 Å². The zero-order valence-corrected chi connectivity index (χ0v) is 14.8. The van der Waals surface area contributed by atoms with Gasteiger partial charge >= 0.3 is 0 Å². The lowest BCUT2D eigenvalue weighted by Crippen LogP contribution is -2.03. The number of carbonyl (C=O) groups is 1. The van der Waals surface area contributed by atoms with E-state index in [1.54, 1.807) is 0 Å². The van der Waals surface area contributed by atoms with Crippen LogP contribution < -0.4 is 0 Å². The van der Waals surface area contributed by atoms with Crippen molar-refractivity contribution in [2.45, 2.75) is 18.9 Å². The summed E-state index contributed by atoms with van der Waals surface area (Å²) in [6.07, 6.45) is 0. The van der Waals surface area contributed by atoms with Gasteiger partial charge in [0.15, 0.2) is 5.78 Å². The number of rotatable bonds is 5. The Balaban J connectivity index is 1.67. The third kappa shape index (κ3) is 4.31. The fourth-order valence-electron chi connectivity index (χ4n) is 2.41. The summed E-state index contributed by atoms with van der Waals surface area (Å²) in [4.78, 5) is 12.1. The molecule has 0 unspecified atom stereocenters. The summed E-state index contributed by atoms with van der Waals surface area (Å²) < 4.78 is 12.9. The van der Waals surface area contributed by atoms with E-state index in [0.717, 1.165) is 16.8 Å². The normalized spacial score (nSPS) is 10.7. The number of hydrogen-bond acceptors (Lipinski definition) is 4. The third-order valence-electron chi connectivity index (χ3n) is 3.83. The molecule has 0 atom stereocenters. The van der Waals surface area contributed by atoms with E-state index in [0.29, 0.717) is 10.6 Å². The summed E-state index contributed by atoms with van der Waals surface area (Å²) in [7, 11) is 0. The van der Waals surface area contributed by atoms with Gasteiger partial charge in [0, 0.05) is 11.1 Å². The summed E-state index contributed by atoms with van der Waals surface area (Å²) in [5, 5.41) is 9.17. The van der Waals surface area contributed by atoms with E-state index in [2.05, 4.69) is 28.4 Å². The second-order valence-electron chi connectivity index (χ2n) is 5.79. The van der Waals surface area contributed by atoms with Crippen molar-refractivity contribution in [1.82, 2.24) is 10.2 Å². The van der Waals surface area contributed by atoms with Crippen LogP contribution in [0.5, 0.6) is 0 Å². The first kappa shape index (κ1) is 17.3. The second-order valence-corrected chi connectivity index (χ2v) is 6.79. The Kier molecular flexibility index (Phi) is 5.24. The highest BCUT2D eigenvalue weighted by Crippen LogP contribution is 2.24. The Morgan fingerprint density at radius 3 is 2.44 bits per heavy atom. The molecule has 1 aromatic heterocycles. The molecule has 0 spiro atoms. The molecule has 0 aliphatic rings. The van der Waals surface area contributed by atoms with Crippen molar-refractivity contribution >= 4 is 17.5 Å². The summed E-state index contributed by atoms with van der Waals surface area (Å²) in [6, 6.07) is 15.6. The molecule has 0 fully saturated rings. The maximum Gasteiger partial charge on any atom is 0.173 e. The van der Waals surface area contributed by atoms with E-state index in [-0.39, 0.29) is 17.4 Å². The summed E-state index contributed by atoms with van der Waals surface area (Å²) in [5.41, 5.74) is 4.69. The van der Waals surface area contributed by atoms with Gasteiger partial charge in [0.1, 0.15) is 10.8 Å². The largest absolute Gasteiger partial charge is 0.293 e. The van der Waals surface area contributed by atoms with Gasteiger partial charge in [0.25, 0.3) is 0 Å². The zero-order chi connectivity index (χ0) is 17.8. The number of nitrogens with zero attached hydrogens (tertiary/aromatic N) is 2. The molecule has 3 aromatic rings. The van der Waals surface area contributed by atoms with Crippen LogP contribution in [0.3, 0.4) is 0 Å². The molecule has 0 amide bonds. The van der Waals surface area contributed by atoms with Crippen LogP contribution in [0.25, 0.3) is 11.3 Å². The van der Waals surface area contributed by atoms with Gasteiger partial charge in [0.05, 0.1) is 11.4 Å². The highest BCUT2D eigenvalue weighted by molar-refractivity contribution is 7.99. The van der Waals surface area contributed by atoms with Crippen LogP contribution >= 0.6 is 11.8 Å².